The molecule has 3 heterocycles. The summed E-state index contributed by atoms with van der Waals surface area (Å²) >= 11 is 3.14. The van der Waals surface area contributed by atoms with Crippen molar-refractivity contribution >= 4 is 55.5 Å². The van der Waals surface area contributed by atoms with E-state index in [0.29, 0.717) is 5.57 Å². The zero-order chi connectivity index (χ0) is 17.6. The lowest BCUT2D eigenvalue weighted by Gasteiger charge is -2.02. The molecule has 0 spiro atoms. The van der Waals surface area contributed by atoms with Gasteiger partial charge in [-0.2, -0.15) is 0 Å². The van der Waals surface area contributed by atoms with Crippen molar-refractivity contribution in [3.8, 4) is 0 Å². The Balaban J connectivity index is 1.89. The minimum absolute atomic E-state index is 0.0738. The number of carbonyl (C=O) groups is 1. The summed E-state index contributed by atoms with van der Waals surface area (Å²) in [5.41, 5.74) is 3.38. The molecule has 1 N–H and O–H groups in total. The summed E-state index contributed by atoms with van der Waals surface area (Å²) in [6.07, 6.45) is 3.87. The molecule has 5 nitrogen and oxygen atoms in total. The van der Waals surface area contributed by atoms with Crippen LogP contribution in [-0.4, -0.2) is 25.4 Å². The van der Waals surface area contributed by atoms with E-state index in [1.165, 1.54) is 11.3 Å². The van der Waals surface area contributed by atoms with Gasteiger partial charge in [0.2, 0.25) is 0 Å². The smallest absolute Gasteiger partial charge is 0.307 e. The van der Waals surface area contributed by atoms with E-state index >= 15 is 0 Å². The van der Waals surface area contributed by atoms with E-state index in [-0.39, 0.29) is 6.42 Å². The molecule has 0 aliphatic rings. The molecule has 0 saturated heterocycles. The number of thiazole rings is 2. The third kappa shape index (κ3) is 2.96. The fourth-order valence-corrected chi connectivity index (χ4v) is 4.64. The Kier molecular flexibility index (Phi) is 3.89. The van der Waals surface area contributed by atoms with Crippen LogP contribution in [0.5, 0.6) is 0 Å². The summed E-state index contributed by atoms with van der Waals surface area (Å²) in [5.74, 6) is -0.870. The average molecular weight is 369 g/mol. The first-order valence-corrected chi connectivity index (χ1v) is 9.38. The van der Waals surface area contributed by atoms with Crippen LogP contribution in [0.25, 0.3) is 26.8 Å². The second-order valence-electron chi connectivity index (χ2n) is 5.80. The fraction of sp³-hybridized carbons (Fsp3) is 0.167. The minimum atomic E-state index is -0.870. The molecule has 0 unspecified atom stereocenters. The van der Waals surface area contributed by atoms with Gasteiger partial charge in [-0.05, 0) is 32.1 Å². The Morgan fingerprint density at radius 1 is 1.24 bits per heavy atom. The van der Waals surface area contributed by atoms with E-state index in [4.69, 9.17) is 0 Å². The highest BCUT2D eigenvalue weighted by Crippen LogP contribution is 2.31. The minimum Gasteiger partial charge on any atom is -0.481 e. The average Bonchev–Trinajstić information content (AvgIpc) is 3.20. The topological polar surface area (TPSA) is 67.5 Å². The maximum atomic E-state index is 11.4. The van der Waals surface area contributed by atoms with Crippen LogP contribution in [0.2, 0.25) is 0 Å². The van der Waals surface area contributed by atoms with Crippen LogP contribution >= 0.6 is 22.7 Å². The number of aromatic nitrogens is 3. The highest BCUT2D eigenvalue weighted by Gasteiger charge is 2.16. The summed E-state index contributed by atoms with van der Waals surface area (Å²) in [6, 6.07) is 7.84. The van der Waals surface area contributed by atoms with Gasteiger partial charge in [0.1, 0.15) is 5.01 Å². The van der Waals surface area contributed by atoms with E-state index in [0.717, 1.165) is 36.5 Å². The first-order valence-electron chi connectivity index (χ1n) is 7.74. The van der Waals surface area contributed by atoms with Gasteiger partial charge in [0.05, 0.1) is 28.0 Å². The van der Waals surface area contributed by atoms with Gasteiger partial charge in [0.25, 0.3) is 0 Å². The zero-order valence-electron chi connectivity index (χ0n) is 13.7. The van der Waals surface area contributed by atoms with Gasteiger partial charge >= 0.3 is 5.97 Å². The number of imidazole rings is 1. The van der Waals surface area contributed by atoms with E-state index in [1.54, 1.807) is 11.3 Å². The van der Waals surface area contributed by atoms with Crippen molar-refractivity contribution in [2.45, 2.75) is 20.3 Å². The van der Waals surface area contributed by atoms with E-state index in [1.807, 2.05) is 54.8 Å². The maximum Gasteiger partial charge on any atom is 0.307 e. The Morgan fingerprint density at radius 2 is 2.04 bits per heavy atom. The number of para-hydroxylation sites is 1. The molecule has 3 aromatic heterocycles. The van der Waals surface area contributed by atoms with Crippen LogP contribution in [0, 0.1) is 13.8 Å². The molecular formula is C18H15N3O2S2. The number of carboxylic acids is 1. The van der Waals surface area contributed by atoms with Crippen LogP contribution in [0.1, 0.15) is 27.7 Å². The standard InChI is InChI=1S/C18H15N3O2S2/c1-10-9-21-14(11(2)19-18(21)24-10)7-12(8-16(22)23)17-20-13-5-3-4-6-15(13)25-17/h3-7,9H,8H2,1-2H3,(H,22,23). The molecule has 0 aliphatic carbocycles. The first-order chi connectivity index (χ1) is 12.0. The van der Waals surface area contributed by atoms with Crippen molar-refractivity contribution in [2.75, 3.05) is 0 Å². The Morgan fingerprint density at radius 3 is 2.80 bits per heavy atom. The lowest BCUT2D eigenvalue weighted by molar-refractivity contribution is -0.135. The molecule has 4 aromatic rings. The number of hydrogen-bond acceptors (Lipinski definition) is 5. The third-order valence-corrected chi connectivity index (χ3v) is 5.89. The predicted octanol–water partition coefficient (Wildman–Crippen LogP) is 4.64. The van der Waals surface area contributed by atoms with Gasteiger partial charge in [-0.25, -0.2) is 9.97 Å². The maximum absolute atomic E-state index is 11.4. The number of carboxylic acid groups (broad SMARTS) is 1. The molecule has 25 heavy (non-hydrogen) atoms. The third-order valence-electron chi connectivity index (χ3n) is 3.88. The summed E-state index contributed by atoms with van der Waals surface area (Å²) in [5, 5.41) is 10.1. The molecule has 0 fully saturated rings. The molecule has 0 bridgehead atoms. The molecule has 4 rings (SSSR count). The Bertz CT molecular complexity index is 1100. The quantitative estimate of drug-likeness (QED) is 0.569. The van der Waals surface area contributed by atoms with Crippen LogP contribution in [0.4, 0.5) is 0 Å². The fourth-order valence-electron chi connectivity index (χ4n) is 2.78. The monoisotopic (exact) mass is 369 g/mol. The van der Waals surface area contributed by atoms with Crippen molar-refractivity contribution < 1.29 is 9.90 Å². The van der Waals surface area contributed by atoms with Crippen molar-refractivity contribution in [3.63, 3.8) is 0 Å². The second kappa shape index (κ2) is 6.09. The lowest BCUT2D eigenvalue weighted by Crippen LogP contribution is -1.98. The molecule has 1 aromatic carbocycles. The lowest BCUT2D eigenvalue weighted by atomic mass is 10.1. The molecule has 0 radical (unpaired) electrons. The van der Waals surface area contributed by atoms with E-state index in [2.05, 4.69) is 9.97 Å². The van der Waals surface area contributed by atoms with E-state index < -0.39 is 5.97 Å². The van der Waals surface area contributed by atoms with Crippen LogP contribution in [0.3, 0.4) is 0 Å². The van der Waals surface area contributed by atoms with Crippen molar-refractivity contribution in [1.82, 2.24) is 14.4 Å². The summed E-state index contributed by atoms with van der Waals surface area (Å²) in [6.45, 7) is 3.98. The Labute approximate surface area is 151 Å². The summed E-state index contributed by atoms with van der Waals surface area (Å²) in [4.78, 5) is 22.7. The van der Waals surface area contributed by atoms with Crippen LogP contribution in [-0.2, 0) is 4.79 Å². The van der Waals surface area contributed by atoms with Gasteiger partial charge in [-0.15, -0.1) is 22.7 Å². The molecule has 126 valence electrons. The molecule has 0 amide bonds. The molecule has 0 saturated carbocycles. The molecule has 0 atom stereocenters. The number of hydrogen-bond donors (Lipinski definition) is 1. The normalized spacial score (nSPS) is 12.3. The highest BCUT2D eigenvalue weighted by atomic mass is 32.1. The van der Waals surface area contributed by atoms with Crippen molar-refractivity contribution in [2.24, 2.45) is 0 Å². The number of rotatable bonds is 4. The van der Waals surface area contributed by atoms with Crippen molar-refractivity contribution in [1.29, 1.82) is 0 Å². The number of fused-ring (bicyclic) bond motifs is 2. The van der Waals surface area contributed by atoms with Crippen molar-refractivity contribution in [3.05, 3.63) is 51.7 Å². The molecule has 0 aliphatic heterocycles. The van der Waals surface area contributed by atoms with Gasteiger partial charge in [0.15, 0.2) is 4.96 Å². The van der Waals surface area contributed by atoms with Gasteiger partial charge < -0.3 is 5.11 Å². The van der Waals surface area contributed by atoms with Gasteiger partial charge in [-0.1, -0.05) is 12.1 Å². The van der Waals surface area contributed by atoms with Crippen LogP contribution in [0.15, 0.2) is 30.5 Å². The largest absolute Gasteiger partial charge is 0.481 e. The molecular weight excluding hydrogens is 354 g/mol. The SMILES string of the molecule is Cc1cn2c(C=C(CC(=O)O)c3nc4ccccc4s3)c(C)nc2s1. The second-order valence-corrected chi connectivity index (χ2v) is 8.05. The highest BCUT2D eigenvalue weighted by molar-refractivity contribution is 7.19. The number of aliphatic carboxylic acids is 1. The zero-order valence-corrected chi connectivity index (χ0v) is 15.3. The van der Waals surface area contributed by atoms with Gasteiger partial charge in [-0.3, -0.25) is 9.20 Å². The number of nitrogens with zero attached hydrogens (tertiary/aromatic N) is 3. The van der Waals surface area contributed by atoms with Gasteiger partial charge in [0, 0.05) is 16.6 Å². The first kappa shape index (κ1) is 16.0. The number of benzene rings is 1. The summed E-state index contributed by atoms with van der Waals surface area (Å²) < 4.78 is 3.07. The Hall–Kier alpha value is -2.51. The number of aryl methyl sites for hydroxylation is 2. The predicted molar refractivity (Wildman–Crippen MR) is 102 cm³/mol. The van der Waals surface area contributed by atoms with E-state index in [9.17, 15) is 9.90 Å². The summed E-state index contributed by atoms with van der Waals surface area (Å²) in [7, 11) is 0. The molecule has 7 heteroatoms. The van der Waals surface area contributed by atoms with Crippen LogP contribution < -0.4 is 0 Å².